The molecule has 1 aliphatic rings. The first-order valence-corrected chi connectivity index (χ1v) is 8.85. The Hall–Kier alpha value is -2.47. The fraction of sp³-hybridized carbons (Fsp3) is 0.421. The smallest absolute Gasteiger partial charge is 0.146 e. The Kier molecular flexibility index (Phi) is 4.13. The summed E-state index contributed by atoms with van der Waals surface area (Å²) < 4.78 is 4.23. The SMILES string of the molecule is Cc1nccn1-c1ccc([C@H](C)NCc2nnc(C3CC3)n2C)cc1. The van der Waals surface area contributed by atoms with Crippen molar-refractivity contribution in [1.29, 1.82) is 0 Å². The van der Waals surface area contributed by atoms with Gasteiger partial charge in [-0.25, -0.2) is 4.98 Å². The third kappa shape index (κ3) is 3.22. The number of hydrogen-bond donors (Lipinski definition) is 1. The molecule has 1 fully saturated rings. The first-order chi connectivity index (χ1) is 12.1. The molecular weight excluding hydrogens is 312 g/mol. The van der Waals surface area contributed by atoms with Crippen LogP contribution in [0.1, 0.15) is 54.8 Å². The van der Waals surface area contributed by atoms with E-state index in [1.165, 1.54) is 18.4 Å². The maximum Gasteiger partial charge on any atom is 0.146 e. The number of rotatable bonds is 6. The van der Waals surface area contributed by atoms with Crippen LogP contribution in [0, 0.1) is 6.92 Å². The quantitative estimate of drug-likeness (QED) is 0.751. The minimum Gasteiger partial charge on any atom is -0.317 e. The molecule has 1 atom stereocenters. The van der Waals surface area contributed by atoms with Crippen molar-refractivity contribution >= 4 is 0 Å². The van der Waals surface area contributed by atoms with Crippen molar-refractivity contribution in [2.45, 2.75) is 45.2 Å². The molecule has 2 aromatic heterocycles. The summed E-state index contributed by atoms with van der Waals surface area (Å²) in [7, 11) is 2.07. The van der Waals surface area contributed by atoms with Gasteiger partial charge in [-0.2, -0.15) is 0 Å². The monoisotopic (exact) mass is 336 g/mol. The molecule has 1 aromatic carbocycles. The lowest BCUT2D eigenvalue weighted by molar-refractivity contribution is 0.546. The zero-order valence-electron chi connectivity index (χ0n) is 15.0. The number of nitrogens with zero attached hydrogens (tertiary/aromatic N) is 5. The summed E-state index contributed by atoms with van der Waals surface area (Å²) in [6.07, 6.45) is 6.30. The fourth-order valence-corrected chi connectivity index (χ4v) is 3.16. The van der Waals surface area contributed by atoms with Crippen molar-refractivity contribution < 1.29 is 0 Å². The van der Waals surface area contributed by atoms with E-state index in [0.717, 1.165) is 29.7 Å². The fourth-order valence-electron chi connectivity index (χ4n) is 3.16. The van der Waals surface area contributed by atoms with E-state index in [1.54, 1.807) is 0 Å². The van der Waals surface area contributed by atoms with Crippen LogP contribution >= 0.6 is 0 Å². The standard InChI is InChI=1S/C19H24N6/c1-13(21-12-18-22-23-19(24(18)3)16-4-5-16)15-6-8-17(9-7-15)25-11-10-20-14(25)2/h6-11,13,16,21H,4-5,12H2,1-3H3/t13-/m0/s1. The van der Waals surface area contributed by atoms with E-state index in [-0.39, 0.29) is 6.04 Å². The van der Waals surface area contributed by atoms with E-state index in [2.05, 4.69) is 67.9 Å². The number of imidazole rings is 1. The molecule has 1 saturated carbocycles. The van der Waals surface area contributed by atoms with Gasteiger partial charge in [0, 0.05) is 37.1 Å². The Morgan fingerprint density at radius 2 is 1.96 bits per heavy atom. The highest BCUT2D eigenvalue weighted by atomic mass is 15.3. The third-order valence-corrected chi connectivity index (χ3v) is 5.00. The predicted octanol–water partition coefficient (Wildman–Crippen LogP) is 3.04. The number of aryl methyl sites for hydroxylation is 1. The van der Waals surface area contributed by atoms with E-state index in [0.29, 0.717) is 5.92 Å². The topological polar surface area (TPSA) is 60.6 Å². The number of aromatic nitrogens is 5. The molecule has 1 aliphatic carbocycles. The van der Waals surface area contributed by atoms with Gasteiger partial charge in [0.15, 0.2) is 0 Å². The normalized spacial score (nSPS) is 15.5. The zero-order chi connectivity index (χ0) is 17.4. The summed E-state index contributed by atoms with van der Waals surface area (Å²) in [6.45, 7) is 4.91. The van der Waals surface area contributed by atoms with Crippen molar-refractivity contribution in [1.82, 2.24) is 29.6 Å². The largest absolute Gasteiger partial charge is 0.317 e. The molecule has 0 bridgehead atoms. The highest BCUT2D eigenvalue weighted by Crippen LogP contribution is 2.38. The van der Waals surface area contributed by atoms with E-state index in [1.807, 2.05) is 19.3 Å². The molecule has 130 valence electrons. The van der Waals surface area contributed by atoms with Gasteiger partial charge in [0.05, 0.1) is 6.54 Å². The molecule has 6 nitrogen and oxygen atoms in total. The van der Waals surface area contributed by atoms with Crippen molar-refractivity contribution in [3.8, 4) is 5.69 Å². The molecule has 1 N–H and O–H groups in total. The molecular formula is C19H24N6. The number of benzene rings is 1. The van der Waals surface area contributed by atoms with E-state index in [9.17, 15) is 0 Å². The van der Waals surface area contributed by atoms with Crippen LogP contribution < -0.4 is 5.32 Å². The summed E-state index contributed by atoms with van der Waals surface area (Å²) in [6, 6.07) is 8.85. The lowest BCUT2D eigenvalue weighted by atomic mass is 10.1. The lowest BCUT2D eigenvalue weighted by Crippen LogP contribution is -2.20. The van der Waals surface area contributed by atoms with Gasteiger partial charge in [-0.1, -0.05) is 12.1 Å². The van der Waals surface area contributed by atoms with Crippen molar-refractivity contribution in [3.05, 3.63) is 59.7 Å². The highest BCUT2D eigenvalue weighted by Gasteiger charge is 2.29. The molecule has 0 spiro atoms. The van der Waals surface area contributed by atoms with Gasteiger partial charge in [-0.05, 0) is 44.4 Å². The highest BCUT2D eigenvalue weighted by molar-refractivity contribution is 5.36. The van der Waals surface area contributed by atoms with E-state index >= 15 is 0 Å². The van der Waals surface area contributed by atoms with Gasteiger partial charge in [0.25, 0.3) is 0 Å². The number of hydrogen-bond acceptors (Lipinski definition) is 4. The zero-order valence-corrected chi connectivity index (χ0v) is 15.0. The summed E-state index contributed by atoms with van der Waals surface area (Å²) >= 11 is 0. The Morgan fingerprint density at radius 1 is 1.20 bits per heavy atom. The van der Waals surface area contributed by atoms with Gasteiger partial charge in [-0.3, -0.25) is 0 Å². The third-order valence-electron chi connectivity index (χ3n) is 5.00. The molecule has 4 rings (SSSR count). The molecule has 0 saturated heterocycles. The first-order valence-electron chi connectivity index (χ1n) is 8.85. The minimum atomic E-state index is 0.249. The van der Waals surface area contributed by atoms with Crippen molar-refractivity contribution in [3.63, 3.8) is 0 Å². The first kappa shape index (κ1) is 16.0. The van der Waals surface area contributed by atoms with Crippen LogP contribution in [0.25, 0.3) is 5.69 Å². The summed E-state index contributed by atoms with van der Waals surface area (Å²) in [5, 5.41) is 12.2. The summed E-state index contributed by atoms with van der Waals surface area (Å²) in [5.74, 6) is 3.75. The van der Waals surface area contributed by atoms with Gasteiger partial charge < -0.3 is 14.5 Å². The van der Waals surface area contributed by atoms with E-state index in [4.69, 9.17) is 0 Å². The Bertz CT molecular complexity index is 856. The molecule has 0 unspecified atom stereocenters. The predicted molar refractivity (Wildman–Crippen MR) is 96.5 cm³/mol. The Balaban J connectivity index is 1.41. The second-order valence-corrected chi connectivity index (χ2v) is 6.85. The lowest BCUT2D eigenvalue weighted by Gasteiger charge is -2.15. The Labute approximate surface area is 147 Å². The van der Waals surface area contributed by atoms with Crippen LogP contribution in [-0.4, -0.2) is 24.3 Å². The molecule has 0 aliphatic heterocycles. The number of nitrogens with one attached hydrogen (secondary N) is 1. The van der Waals surface area contributed by atoms with Crippen LogP contribution in [0.4, 0.5) is 0 Å². The van der Waals surface area contributed by atoms with Crippen LogP contribution in [0.5, 0.6) is 0 Å². The van der Waals surface area contributed by atoms with Gasteiger partial charge in [0.2, 0.25) is 0 Å². The van der Waals surface area contributed by atoms with Crippen LogP contribution in [-0.2, 0) is 13.6 Å². The molecule has 3 aromatic rings. The van der Waals surface area contributed by atoms with Crippen LogP contribution in [0.2, 0.25) is 0 Å². The Morgan fingerprint density at radius 3 is 2.60 bits per heavy atom. The maximum absolute atomic E-state index is 4.34. The average Bonchev–Trinajstić information content (AvgIpc) is 3.27. The van der Waals surface area contributed by atoms with Crippen molar-refractivity contribution in [2.75, 3.05) is 0 Å². The van der Waals surface area contributed by atoms with Gasteiger partial charge >= 0.3 is 0 Å². The summed E-state index contributed by atoms with van der Waals surface area (Å²) in [4.78, 5) is 4.28. The van der Waals surface area contributed by atoms with Crippen LogP contribution in [0.3, 0.4) is 0 Å². The maximum atomic E-state index is 4.34. The molecule has 6 heteroatoms. The molecule has 25 heavy (non-hydrogen) atoms. The molecule has 2 heterocycles. The van der Waals surface area contributed by atoms with E-state index < -0.39 is 0 Å². The van der Waals surface area contributed by atoms with Gasteiger partial charge in [0.1, 0.15) is 17.5 Å². The average molecular weight is 336 g/mol. The molecule has 0 amide bonds. The van der Waals surface area contributed by atoms with Crippen LogP contribution in [0.15, 0.2) is 36.7 Å². The minimum absolute atomic E-state index is 0.249. The second-order valence-electron chi connectivity index (χ2n) is 6.85. The summed E-state index contributed by atoms with van der Waals surface area (Å²) in [5.41, 5.74) is 2.39. The van der Waals surface area contributed by atoms with Gasteiger partial charge in [-0.15, -0.1) is 10.2 Å². The second kappa shape index (κ2) is 6.44. The molecule has 0 radical (unpaired) electrons. The van der Waals surface area contributed by atoms with Crippen molar-refractivity contribution in [2.24, 2.45) is 7.05 Å².